The first-order chi connectivity index (χ1) is 9.24. The molecular formula is C15H17N3O. The third-order valence-corrected chi connectivity index (χ3v) is 3.62. The van der Waals surface area contributed by atoms with Crippen LogP contribution in [0.5, 0.6) is 0 Å². The molecule has 2 aromatic rings. The molecule has 1 aromatic carbocycles. The summed E-state index contributed by atoms with van der Waals surface area (Å²) in [6.07, 6.45) is 5.00. The average Bonchev–Trinajstić information content (AvgIpc) is 2.86. The van der Waals surface area contributed by atoms with Crippen LogP contribution in [0, 0.1) is 0 Å². The summed E-state index contributed by atoms with van der Waals surface area (Å²) in [6.45, 7) is 0. The number of aromatic nitrogens is 2. The first kappa shape index (κ1) is 12.0. The maximum atomic E-state index is 12.1. The van der Waals surface area contributed by atoms with Gasteiger partial charge in [-0.2, -0.15) is 5.10 Å². The Kier molecular flexibility index (Phi) is 3.07. The predicted octanol–water partition coefficient (Wildman–Crippen LogP) is 2.23. The lowest BCUT2D eigenvalue weighted by atomic mass is 9.88. The van der Waals surface area contributed by atoms with Gasteiger partial charge in [-0.1, -0.05) is 24.3 Å². The lowest BCUT2D eigenvalue weighted by molar-refractivity contribution is 0.0927. The van der Waals surface area contributed by atoms with Crippen molar-refractivity contribution >= 4 is 5.91 Å². The molecule has 0 bridgehead atoms. The van der Waals surface area contributed by atoms with Crippen molar-refractivity contribution in [3.05, 3.63) is 53.3 Å². The van der Waals surface area contributed by atoms with Gasteiger partial charge in [0.25, 0.3) is 5.91 Å². The Morgan fingerprint density at radius 1 is 1.37 bits per heavy atom. The second-order valence-corrected chi connectivity index (χ2v) is 4.99. The van der Waals surface area contributed by atoms with Crippen LogP contribution in [0.25, 0.3) is 0 Å². The van der Waals surface area contributed by atoms with Crippen molar-refractivity contribution in [2.45, 2.75) is 25.3 Å². The van der Waals surface area contributed by atoms with Gasteiger partial charge < -0.3 is 5.32 Å². The largest absolute Gasteiger partial charge is 0.344 e. The number of aryl methyl sites for hydroxylation is 2. The zero-order valence-corrected chi connectivity index (χ0v) is 11.0. The first-order valence-electron chi connectivity index (χ1n) is 6.62. The monoisotopic (exact) mass is 255 g/mol. The average molecular weight is 255 g/mol. The van der Waals surface area contributed by atoms with E-state index in [0.29, 0.717) is 5.69 Å². The number of carbonyl (C=O) groups is 1. The minimum absolute atomic E-state index is 0.0951. The molecule has 19 heavy (non-hydrogen) atoms. The Hall–Kier alpha value is -2.10. The minimum atomic E-state index is -0.0951. The third kappa shape index (κ3) is 2.38. The molecule has 0 unspecified atom stereocenters. The summed E-state index contributed by atoms with van der Waals surface area (Å²) in [6, 6.07) is 10.2. The van der Waals surface area contributed by atoms with E-state index in [1.807, 2.05) is 13.1 Å². The molecule has 1 N–H and O–H groups in total. The summed E-state index contributed by atoms with van der Waals surface area (Å²) < 4.78 is 1.64. The van der Waals surface area contributed by atoms with Crippen LogP contribution in [0.4, 0.5) is 0 Å². The van der Waals surface area contributed by atoms with E-state index < -0.39 is 0 Å². The first-order valence-corrected chi connectivity index (χ1v) is 6.62. The van der Waals surface area contributed by atoms with Gasteiger partial charge >= 0.3 is 0 Å². The van der Waals surface area contributed by atoms with Gasteiger partial charge in [0.15, 0.2) is 0 Å². The number of amides is 1. The van der Waals surface area contributed by atoms with Crippen LogP contribution in [-0.4, -0.2) is 15.7 Å². The molecule has 3 rings (SSSR count). The van der Waals surface area contributed by atoms with Crippen LogP contribution in [0.3, 0.4) is 0 Å². The normalized spacial score (nSPS) is 17.8. The van der Waals surface area contributed by atoms with E-state index in [1.54, 1.807) is 16.9 Å². The van der Waals surface area contributed by atoms with E-state index in [0.717, 1.165) is 19.3 Å². The van der Waals surface area contributed by atoms with E-state index in [9.17, 15) is 4.79 Å². The summed E-state index contributed by atoms with van der Waals surface area (Å²) in [5, 5.41) is 7.23. The number of benzene rings is 1. The Morgan fingerprint density at radius 3 is 3.00 bits per heavy atom. The molecule has 1 aromatic heterocycles. The van der Waals surface area contributed by atoms with Crippen molar-refractivity contribution in [2.75, 3.05) is 0 Å². The summed E-state index contributed by atoms with van der Waals surface area (Å²) in [4.78, 5) is 12.1. The third-order valence-electron chi connectivity index (χ3n) is 3.62. The van der Waals surface area contributed by atoms with Crippen molar-refractivity contribution in [2.24, 2.45) is 7.05 Å². The summed E-state index contributed by atoms with van der Waals surface area (Å²) in [7, 11) is 1.81. The lowest BCUT2D eigenvalue weighted by Crippen LogP contribution is -2.31. The fourth-order valence-electron chi connectivity index (χ4n) is 2.67. The van der Waals surface area contributed by atoms with Crippen LogP contribution in [0.2, 0.25) is 0 Å². The molecule has 1 amide bonds. The number of hydrogen-bond acceptors (Lipinski definition) is 2. The predicted molar refractivity (Wildman–Crippen MR) is 72.8 cm³/mol. The summed E-state index contributed by atoms with van der Waals surface area (Å²) in [5.41, 5.74) is 3.07. The summed E-state index contributed by atoms with van der Waals surface area (Å²) >= 11 is 0. The highest BCUT2D eigenvalue weighted by atomic mass is 16.2. The van der Waals surface area contributed by atoms with Gasteiger partial charge in [0.2, 0.25) is 0 Å². The topological polar surface area (TPSA) is 46.9 Å². The van der Waals surface area contributed by atoms with Gasteiger partial charge in [-0.3, -0.25) is 9.48 Å². The Morgan fingerprint density at radius 2 is 2.21 bits per heavy atom. The van der Waals surface area contributed by atoms with Crippen LogP contribution in [-0.2, 0) is 13.5 Å². The number of hydrogen-bond donors (Lipinski definition) is 1. The van der Waals surface area contributed by atoms with E-state index in [2.05, 4.69) is 28.6 Å². The molecule has 0 saturated heterocycles. The number of fused-ring (bicyclic) bond motifs is 1. The van der Waals surface area contributed by atoms with Gasteiger partial charge in [-0.25, -0.2) is 0 Å². The maximum absolute atomic E-state index is 12.1. The zero-order chi connectivity index (χ0) is 13.2. The molecule has 0 fully saturated rings. The molecule has 0 radical (unpaired) electrons. The fourth-order valence-corrected chi connectivity index (χ4v) is 2.67. The highest BCUT2D eigenvalue weighted by Gasteiger charge is 2.22. The van der Waals surface area contributed by atoms with Crippen molar-refractivity contribution in [1.29, 1.82) is 0 Å². The Labute approximate surface area is 112 Å². The molecule has 4 heteroatoms. The van der Waals surface area contributed by atoms with E-state index in [-0.39, 0.29) is 11.9 Å². The molecule has 1 heterocycles. The second-order valence-electron chi connectivity index (χ2n) is 4.99. The van der Waals surface area contributed by atoms with Gasteiger partial charge in [0.05, 0.1) is 6.04 Å². The Balaban J connectivity index is 1.79. The highest BCUT2D eigenvalue weighted by molar-refractivity contribution is 5.92. The van der Waals surface area contributed by atoms with E-state index in [4.69, 9.17) is 0 Å². The zero-order valence-electron chi connectivity index (χ0n) is 11.0. The van der Waals surface area contributed by atoms with Crippen molar-refractivity contribution in [3.8, 4) is 0 Å². The molecule has 1 atom stereocenters. The number of nitrogens with zero attached hydrogens (tertiary/aromatic N) is 2. The van der Waals surface area contributed by atoms with E-state index in [1.165, 1.54) is 11.1 Å². The van der Waals surface area contributed by atoms with Crippen molar-refractivity contribution in [1.82, 2.24) is 15.1 Å². The van der Waals surface area contributed by atoms with Crippen LogP contribution >= 0.6 is 0 Å². The molecule has 1 aliphatic carbocycles. The Bertz CT molecular complexity index is 603. The molecule has 98 valence electrons. The van der Waals surface area contributed by atoms with Gasteiger partial charge in [0, 0.05) is 13.2 Å². The molecule has 1 aliphatic rings. The molecule has 0 spiro atoms. The fraction of sp³-hybridized carbons (Fsp3) is 0.333. The number of rotatable bonds is 2. The van der Waals surface area contributed by atoms with Crippen LogP contribution in [0.15, 0.2) is 36.5 Å². The van der Waals surface area contributed by atoms with E-state index >= 15 is 0 Å². The smallest absolute Gasteiger partial charge is 0.272 e. The number of carbonyl (C=O) groups excluding carboxylic acids is 1. The number of nitrogens with one attached hydrogen (secondary N) is 1. The van der Waals surface area contributed by atoms with Gasteiger partial charge in [0.1, 0.15) is 5.69 Å². The lowest BCUT2D eigenvalue weighted by Gasteiger charge is -2.26. The molecular weight excluding hydrogens is 238 g/mol. The van der Waals surface area contributed by atoms with Gasteiger partial charge in [-0.15, -0.1) is 0 Å². The van der Waals surface area contributed by atoms with Crippen molar-refractivity contribution < 1.29 is 4.79 Å². The standard InChI is InChI=1S/C15H17N3O/c1-18-10-9-14(17-18)15(19)16-13-8-4-6-11-5-2-3-7-12(11)13/h2-3,5,7,9-10,13H,4,6,8H2,1H3,(H,16,19)/t13-/m1/s1. The molecule has 0 saturated carbocycles. The summed E-state index contributed by atoms with van der Waals surface area (Å²) in [5.74, 6) is -0.0951. The second kappa shape index (κ2) is 4.88. The van der Waals surface area contributed by atoms with Gasteiger partial charge in [-0.05, 0) is 36.5 Å². The SMILES string of the molecule is Cn1ccc(C(=O)N[C@@H]2CCCc3ccccc32)n1. The minimum Gasteiger partial charge on any atom is -0.344 e. The van der Waals surface area contributed by atoms with Crippen LogP contribution < -0.4 is 5.32 Å². The molecule has 0 aliphatic heterocycles. The quantitative estimate of drug-likeness (QED) is 0.894. The molecule has 4 nitrogen and oxygen atoms in total. The highest BCUT2D eigenvalue weighted by Crippen LogP contribution is 2.29. The van der Waals surface area contributed by atoms with Crippen LogP contribution in [0.1, 0.15) is 40.5 Å². The maximum Gasteiger partial charge on any atom is 0.272 e. The van der Waals surface area contributed by atoms with Crippen molar-refractivity contribution in [3.63, 3.8) is 0 Å².